The van der Waals surface area contributed by atoms with Crippen LogP contribution in [0.4, 0.5) is 9.39 Å². The van der Waals surface area contributed by atoms with E-state index >= 15 is 0 Å². The zero-order valence-electron chi connectivity index (χ0n) is 15.2. The minimum atomic E-state index is -0.980. The number of hydrogen-bond donors (Lipinski definition) is 2. The SMILES string of the molecule is COC(=O)c1c(-c2ccc(F)cc2)csc1NC(=O)[C@@H]1CCCC[C@H]1C(=O)O. The molecule has 6 nitrogen and oxygen atoms in total. The number of halogens is 1. The van der Waals surface area contributed by atoms with Crippen LogP contribution in [0, 0.1) is 17.7 Å². The molecule has 1 aromatic carbocycles. The second-order valence-corrected chi connectivity index (χ2v) is 7.56. The molecule has 0 radical (unpaired) electrons. The topological polar surface area (TPSA) is 92.7 Å². The Morgan fingerprint density at radius 1 is 1.14 bits per heavy atom. The Bertz CT molecular complexity index is 893. The number of anilines is 1. The highest BCUT2D eigenvalue weighted by Gasteiger charge is 2.36. The number of esters is 1. The summed E-state index contributed by atoms with van der Waals surface area (Å²) < 4.78 is 18.1. The summed E-state index contributed by atoms with van der Waals surface area (Å²) in [6.45, 7) is 0. The first-order valence-corrected chi connectivity index (χ1v) is 9.79. The van der Waals surface area contributed by atoms with Crippen molar-refractivity contribution in [2.75, 3.05) is 12.4 Å². The van der Waals surface area contributed by atoms with E-state index in [9.17, 15) is 23.9 Å². The Labute approximate surface area is 165 Å². The van der Waals surface area contributed by atoms with E-state index in [1.165, 1.54) is 31.4 Å². The van der Waals surface area contributed by atoms with Crippen LogP contribution >= 0.6 is 11.3 Å². The van der Waals surface area contributed by atoms with Crippen molar-refractivity contribution in [3.63, 3.8) is 0 Å². The number of carbonyl (C=O) groups is 3. The van der Waals surface area contributed by atoms with Crippen LogP contribution in [0.2, 0.25) is 0 Å². The van der Waals surface area contributed by atoms with Crippen molar-refractivity contribution in [1.29, 1.82) is 0 Å². The molecule has 0 bridgehead atoms. The summed E-state index contributed by atoms with van der Waals surface area (Å²) in [5.74, 6) is -3.80. The van der Waals surface area contributed by atoms with E-state index in [0.29, 0.717) is 29.0 Å². The quantitative estimate of drug-likeness (QED) is 0.729. The van der Waals surface area contributed by atoms with Crippen LogP contribution < -0.4 is 5.32 Å². The molecule has 0 saturated heterocycles. The average Bonchev–Trinajstić information content (AvgIpc) is 3.11. The van der Waals surface area contributed by atoms with Crippen LogP contribution in [0.25, 0.3) is 11.1 Å². The Hall–Kier alpha value is -2.74. The molecular formula is C20H20FNO5S. The van der Waals surface area contributed by atoms with Gasteiger partial charge < -0.3 is 15.2 Å². The van der Waals surface area contributed by atoms with Crippen molar-refractivity contribution in [3.8, 4) is 11.1 Å². The molecule has 2 aromatic rings. The van der Waals surface area contributed by atoms with Gasteiger partial charge in [-0.15, -0.1) is 11.3 Å². The van der Waals surface area contributed by atoms with Crippen LogP contribution in [-0.2, 0) is 14.3 Å². The number of aliphatic carboxylic acids is 1. The lowest BCUT2D eigenvalue weighted by molar-refractivity contribution is -0.147. The molecule has 0 spiro atoms. The highest BCUT2D eigenvalue weighted by molar-refractivity contribution is 7.15. The van der Waals surface area contributed by atoms with Crippen molar-refractivity contribution in [2.24, 2.45) is 11.8 Å². The molecule has 28 heavy (non-hydrogen) atoms. The molecule has 1 aliphatic carbocycles. The van der Waals surface area contributed by atoms with E-state index in [-0.39, 0.29) is 5.56 Å². The maximum atomic E-state index is 13.2. The van der Waals surface area contributed by atoms with Gasteiger partial charge in [0.15, 0.2) is 0 Å². The van der Waals surface area contributed by atoms with Gasteiger partial charge in [-0.3, -0.25) is 9.59 Å². The Kier molecular flexibility index (Phi) is 6.08. The van der Waals surface area contributed by atoms with E-state index < -0.39 is 35.5 Å². The Balaban J connectivity index is 1.91. The smallest absolute Gasteiger partial charge is 0.341 e. The van der Waals surface area contributed by atoms with Gasteiger partial charge in [0.05, 0.1) is 18.9 Å². The first kappa shape index (κ1) is 20.0. The summed E-state index contributed by atoms with van der Waals surface area (Å²) in [6.07, 6.45) is 2.52. The number of nitrogens with one attached hydrogen (secondary N) is 1. The standard InChI is InChI=1S/C20H20FNO5S/c1-27-20(26)16-15(11-6-8-12(21)9-7-11)10-28-18(16)22-17(23)13-4-2-3-5-14(13)19(24)25/h6-10,13-14H,2-5H2,1H3,(H,22,23)(H,24,25)/t13-,14-/m1/s1. The zero-order chi connectivity index (χ0) is 20.3. The van der Waals surface area contributed by atoms with Crippen molar-refractivity contribution >= 4 is 34.2 Å². The number of methoxy groups -OCH3 is 1. The molecule has 2 N–H and O–H groups in total. The highest BCUT2D eigenvalue weighted by Crippen LogP contribution is 2.38. The minimum Gasteiger partial charge on any atom is -0.481 e. The molecule has 1 aliphatic rings. The van der Waals surface area contributed by atoms with Gasteiger partial charge in [0.1, 0.15) is 16.4 Å². The summed E-state index contributed by atoms with van der Waals surface area (Å²) in [6, 6.07) is 5.64. The van der Waals surface area contributed by atoms with Gasteiger partial charge in [-0.05, 0) is 30.5 Å². The summed E-state index contributed by atoms with van der Waals surface area (Å²) in [5, 5.41) is 14.1. The van der Waals surface area contributed by atoms with Crippen molar-refractivity contribution in [3.05, 3.63) is 41.0 Å². The van der Waals surface area contributed by atoms with Gasteiger partial charge in [-0.25, -0.2) is 9.18 Å². The molecule has 3 rings (SSSR count). The lowest BCUT2D eigenvalue weighted by Crippen LogP contribution is -2.36. The fraction of sp³-hybridized carbons (Fsp3) is 0.350. The molecule has 2 atom stereocenters. The third-order valence-electron chi connectivity index (χ3n) is 4.99. The molecule has 0 aliphatic heterocycles. The number of rotatable bonds is 5. The van der Waals surface area contributed by atoms with Gasteiger partial charge >= 0.3 is 11.9 Å². The predicted octanol–water partition coefficient (Wildman–Crippen LogP) is 4.17. The van der Waals surface area contributed by atoms with E-state index in [2.05, 4.69) is 5.32 Å². The second-order valence-electron chi connectivity index (χ2n) is 6.68. The molecule has 1 fully saturated rings. The predicted molar refractivity (Wildman–Crippen MR) is 103 cm³/mol. The van der Waals surface area contributed by atoms with Gasteiger partial charge in [0, 0.05) is 10.9 Å². The minimum absolute atomic E-state index is 0.176. The molecule has 1 saturated carbocycles. The number of hydrogen-bond acceptors (Lipinski definition) is 5. The van der Waals surface area contributed by atoms with E-state index in [4.69, 9.17) is 4.74 Å². The maximum Gasteiger partial charge on any atom is 0.341 e. The average molecular weight is 405 g/mol. The van der Waals surface area contributed by atoms with Crippen LogP contribution in [0.15, 0.2) is 29.6 Å². The van der Waals surface area contributed by atoms with Crippen molar-refractivity contribution in [1.82, 2.24) is 0 Å². The van der Waals surface area contributed by atoms with Gasteiger partial charge in [-0.2, -0.15) is 0 Å². The highest BCUT2D eigenvalue weighted by atomic mass is 32.1. The van der Waals surface area contributed by atoms with Gasteiger partial charge in [0.25, 0.3) is 0 Å². The van der Waals surface area contributed by atoms with E-state index in [1.54, 1.807) is 5.38 Å². The number of ether oxygens (including phenoxy) is 1. The van der Waals surface area contributed by atoms with Crippen LogP contribution in [-0.4, -0.2) is 30.1 Å². The zero-order valence-corrected chi connectivity index (χ0v) is 16.1. The number of amides is 1. The fourth-order valence-electron chi connectivity index (χ4n) is 3.54. The number of carbonyl (C=O) groups excluding carboxylic acids is 2. The Morgan fingerprint density at radius 2 is 1.79 bits per heavy atom. The third-order valence-corrected chi connectivity index (χ3v) is 5.89. The maximum absolute atomic E-state index is 13.2. The first-order chi connectivity index (χ1) is 13.4. The van der Waals surface area contributed by atoms with Gasteiger partial charge in [0.2, 0.25) is 5.91 Å². The van der Waals surface area contributed by atoms with E-state index in [1.807, 2.05) is 0 Å². The lowest BCUT2D eigenvalue weighted by Gasteiger charge is -2.27. The summed E-state index contributed by atoms with van der Waals surface area (Å²) in [4.78, 5) is 36.6. The van der Waals surface area contributed by atoms with Crippen LogP contribution in [0.3, 0.4) is 0 Å². The van der Waals surface area contributed by atoms with Gasteiger partial charge in [-0.1, -0.05) is 25.0 Å². The molecule has 8 heteroatoms. The van der Waals surface area contributed by atoms with Crippen LogP contribution in [0.5, 0.6) is 0 Å². The van der Waals surface area contributed by atoms with Crippen LogP contribution in [0.1, 0.15) is 36.0 Å². The largest absolute Gasteiger partial charge is 0.481 e. The summed E-state index contributed by atoms with van der Waals surface area (Å²) in [5.41, 5.74) is 1.31. The Morgan fingerprint density at radius 3 is 2.39 bits per heavy atom. The number of carboxylic acid groups (broad SMARTS) is 1. The molecule has 148 valence electrons. The number of carboxylic acids is 1. The molecular weight excluding hydrogens is 385 g/mol. The second kappa shape index (κ2) is 8.52. The van der Waals surface area contributed by atoms with Crippen molar-refractivity contribution in [2.45, 2.75) is 25.7 Å². The molecule has 1 amide bonds. The summed E-state index contributed by atoms with van der Waals surface area (Å²) in [7, 11) is 1.24. The number of thiophene rings is 1. The molecule has 1 aromatic heterocycles. The van der Waals surface area contributed by atoms with E-state index in [0.717, 1.165) is 24.2 Å². The first-order valence-electron chi connectivity index (χ1n) is 8.91. The summed E-state index contributed by atoms with van der Waals surface area (Å²) >= 11 is 1.15. The monoisotopic (exact) mass is 405 g/mol. The molecule has 0 unspecified atom stereocenters. The number of benzene rings is 1. The normalized spacial score (nSPS) is 19.1. The van der Waals surface area contributed by atoms with Crippen molar-refractivity contribution < 1.29 is 28.6 Å². The lowest BCUT2D eigenvalue weighted by atomic mass is 9.79. The third kappa shape index (κ3) is 4.06. The molecule has 1 heterocycles. The fourth-order valence-corrected chi connectivity index (χ4v) is 4.50.